The molecule has 0 amide bonds. The van der Waals surface area contributed by atoms with Crippen molar-refractivity contribution >= 4 is 40.8 Å². The Hall–Kier alpha value is -1.01. The van der Waals surface area contributed by atoms with Crippen LogP contribution in [0.15, 0.2) is 60.7 Å². The maximum atomic E-state index is 11.8. The van der Waals surface area contributed by atoms with E-state index in [1.807, 2.05) is 60.7 Å². The van der Waals surface area contributed by atoms with Crippen molar-refractivity contribution in [3.63, 3.8) is 0 Å². The van der Waals surface area contributed by atoms with Gasteiger partial charge in [-0.2, -0.15) is 0 Å². The van der Waals surface area contributed by atoms with E-state index in [1.165, 1.54) is 0 Å². The second-order valence-electron chi connectivity index (χ2n) is 3.87. The molecule has 93 valence electrons. The molecule has 0 spiro atoms. The SMILES string of the molecule is O=C(OCc1ccccc1)C(Br)c1ccccc1.[Li]. The maximum absolute atomic E-state index is 11.8. The van der Waals surface area contributed by atoms with Crippen molar-refractivity contribution in [2.45, 2.75) is 11.4 Å². The van der Waals surface area contributed by atoms with E-state index in [-0.39, 0.29) is 24.8 Å². The molecule has 2 nitrogen and oxygen atoms in total. The van der Waals surface area contributed by atoms with Gasteiger partial charge in [0.15, 0.2) is 0 Å². The van der Waals surface area contributed by atoms with Gasteiger partial charge in [0.1, 0.15) is 11.4 Å². The zero-order valence-electron chi connectivity index (χ0n) is 10.8. The summed E-state index contributed by atoms with van der Waals surface area (Å²) >= 11 is 3.35. The van der Waals surface area contributed by atoms with E-state index in [1.54, 1.807) is 0 Å². The molecule has 0 bridgehead atoms. The first-order valence-electron chi connectivity index (χ1n) is 5.67. The van der Waals surface area contributed by atoms with Crippen LogP contribution in [0.2, 0.25) is 0 Å². The first kappa shape index (κ1) is 16.0. The Bertz CT molecular complexity index is 502. The number of hydrogen-bond acceptors (Lipinski definition) is 2. The Balaban J connectivity index is 0.00000180. The fourth-order valence-corrected chi connectivity index (χ4v) is 2.00. The van der Waals surface area contributed by atoms with Crippen LogP contribution in [0.25, 0.3) is 0 Å². The fourth-order valence-electron chi connectivity index (χ4n) is 1.56. The molecule has 0 aliphatic rings. The Morgan fingerprint density at radius 1 is 1.00 bits per heavy atom. The fraction of sp³-hybridized carbons (Fsp3) is 0.133. The number of rotatable bonds is 4. The molecule has 0 fully saturated rings. The number of esters is 1. The summed E-state index contributed by atoms with van der Waals surface area (Å²) in [6, 6.07) is 19.1. The second kappa shape index (κ2) is 8.22. The van der Waals surface area contributed by atoms with E-state index in [0.29, 0.717) is 6.61 Å². The van der Waals surface area contributed by atoms with E-state index in [4.69, 9.17) is 4.74 Å². The second-order valence-corrected chi connectivity index (χ2v) is 4.78. The minimum absolute atomic E-state index is 0. The molecule has 1 radical (unpaired) electrons. The molecule has 2 aromatic carbocycles. The topological polar surface area (TPSA) is 26.3 Å². The number of hydrogen-bond donors (Lipinski definition) is 0. The summed E-state index contributed by atoms with van der Waals surface area (Å²) in [4.78, 5) is 11.4. The van der Waals surface area contributed by atoms with Crippen LogP contribution in [0.4, 0.5) is 0 Å². The Morgan fingerprint density at radius 3 is 2.11 bits per heavy atom. The van der Waals surface area contributed by atoms with Crippen LogP contribution in [-0.4, -0.2) is 24.8 Å². The smallest absolute Gasteiger partial charge is 0.324 e. The number of alkyl halides is 1. The van der Waals surface area contributed by atoms with Crippen molar-refractivity contribution in [1.29, 1.82) is 0 Å². The van der Waals surface area contributed by atoms with Gasteiger partial charge in [-0.15, -0.1) is 0 Å². The van der Waals surface area contributed by atoms with Crippen LogP contribution in [0.1, 0.15) is 16.0 Å². The number of ether oxygens (including phenoxy) is 1. The molecule has 0 aliphatic carbocycles. The Kier molecular flexibility index (Phi) is 6.94. The molecule has 2 rings (SSSR count). The minimum Gasteiger partial charge on any atom is -0.460 e. The van der Waals surface area contributed by atoms with Gasteiger partial charge in [-0.1, -0.05) is 76.6 Å². The van der Waals surface area contributed by atoms with Crippen molar-refractivity contribution in [3.05, 3.63) is 71.8 Å². The van der Waals surface area contributed by atoms with E-state index in [9.17, 15) is 4.79 Å². The molecule has 1 atom stereocenters. The van der Waals surface area contributed by atoms with Gasteiger partial charge in [-0.3, -0.25) is 4.79 Å². The molecule has 0 aromatic heterocycles. The largest absolute Gasteiger partial charge is 0.460 e. The van der Waals surface area contributed by atoms with Crippen molar-refractivity contribution in [3.8, 4) is 0 Å². The van der Waals surface area contributed by atoms with Gasteiger partial charge in [0.2, 0.25) is 0 Å². The third kappa shape index (κ3) is 4.87. The zero-order valence-corrected chi connectivity index (χ0v) is 12.3. The van der Waals surface area contributed by atoms with Gasteiger partial charge in [-0.25, -0.2) is 0 Å². The molecule has 0 saturated carbocycles. The first-order valence-corrected chi connectivity index (χ1v) is 6.58. The molecule has 4 heteroatoms. The van der Waals surface area contributed by atoms with Gasteiger partial charge in [0.05, 0.1) is 0 Å². The number of carbonyl (C=O) groups excluding carboxylic acids is 1. The van der Waals surface area contributed by atoms with Gasteiger partial charge >= 0.3 is 5.97 Å². The summed E-state index contributed by atoms with van der Waals surface area (Å²) < 4.78 is 5.26. The van der Waals surface area contributed by atoms with Crippen molar-refractivity contribution < 1.29 is 9.53 Å². The summed E-state index contributed by atoms with van der Waals surface area (Å²) in [5.74, 6) is -0.273. The van der Waals surface area contributed by atoms with E-state index < -0.39 is 4.83 Å². The number of carbonyl (C=O) groups is 1. The third-order valence-corrected chi connectivity index (χ3v) is 3.43. The van der Waals surface area contributed by atoms with Gasteiger partial charge in [-0.05, 0) is 11.1 Å². The molecule has 19 heavy (non-hydrogen) atoms. The minimum atomic E-state index is -0.414. The van der Waals surface area contributed by atoms with Gasteiger partial charge in [0, 0.05) is 18.9 Å². The summed E-state index contributed by atoms with van der Waals surface area (Å²) in [6.45, 7) is 0.300. The third-order valence-electron chi connectivity index (χ3n) is 2.52. The molecule has 0 aliphatic heterocycles. The van der Waals surface area contributed by atoms with E-state index >= 15 is 0 Å². The molecular formula is C15H13BrLiO2. The van der Waals surface area contributed by atoms with Crippen molar-refractivity contribution in [2.75, 3.05) is 0 Å². The van der Waals surface area contributed by atoms with Crippen LogP contribution in [0.3, 0.4) is 0 Å². The number of benzene rings is 2. The van der Waals surface area contributed by atoms with Gasteiger partial charge < -0.3 is 4.74 Å². The zero-order chi connectivity index (χ0) is 12.8. The number of halogens is 1. The average Bonchev–Trinajstić information content (AvgIpc) is 2.46. The molecule has 0 heterocycles. The van der Waals surface area contributed by atoms with Crippen LogP contribution in [-0.2, 0) is 16.1 Å². The summed E-state index contributed by atoms with van der Waals surface area (Å²) in [5, 5.41) is 0. The summed E-state index contributed by atoms with van der Waals surface area (Å²) in [5.41, 5.74) is 1.88. The van der Waals surface area contributed by atoms with E-state index in [0.717, 1.165) is 11.1 Å². The molecule has 2 aromatic rings. The summed E-state index contributed by atoms with van der Waals surface area (Å²) in [7, 11) is 0. The van der Waals surface area contributed by atoms with Crippen LogP contribution < -0.4 is 0 Å². The Morgan fingerprint density at radius 2 is 1.53 bits per heavy atom. The van der Waals surface area contributed by atoms with Crippen LogP contribution in [0, 0.1) is 0 Å². The molecular weight excluding hydrogens is 299 g/mol. The van der Waals surface area contributed by atoms with Gasteiger partial charge in [0.25, 0.3) is 0 Å². The molecule has 0 saturated heterocycles. The molecule has 1 unspecified atom stereocenters. The monoisotopic (exact) mass is 311 g/mol. The first-order chi connectivity index (χ1) is 8.77. The van der Waals surface area contributed by atoms with Crippen molar-refractivity contribution in [1.82, 2.24) is 0 Å². The van der Waals surface area contributed by atoms with Crippen molar-refractivity contribution in [2.24, 2.45) is 0 Å². The quantitative estimate of drug-likeness (QED) is 0.491. The Labute approximate surface area is 133 Å². The maximum Gasteiger partial charge on any atom is 0.324 e. The molecule has 0 N–H and O–H groups in total. The van der Waals surface area contributed by atoms with E-state index in [2.05, 4.69) is 15.9 Å². The normalized spacial score (nSPS) is 11.2. The predicted molar refractivity (Wildman–Crippen MR) is 80.1 cm³/mol. The van der Waals surface area contributed by atoms with Crippen LogP contribution >= 0.6 is 15.9 Å². The summed E-state index contributed by atoms with van der Waals surface area (Å²) in [6.07, 6.45) is 0. The standard InChI is InChI=1S/C15H13BrO2.Li/c16-14(13-9-5-2-6-10-13)15(17)18-11-12-7-3-1-4-8-12;/h1-10,14H,11H2;. The van der Waals surface area contributed by atoms with Crippen LogP contribution in [0.5, 0.6) is 0 Å². The predicted octanol–water partition coefficient (Wildman–Crippen LogP) is 3.49. The average molecular weight is 312 g/mol.